The summed E-state index contributed by atoms with van der Waals surface area (Å²) in [6.45, 7) is 4.34. The van der Waals surface area contributed by atoms with Crippen LogP contribution in [0.25, 0.3) is 33.2 Å². The molecule has 0 radical (unpaired) electrons. The highest BCUT2D eigenvalue weighted by atomic mass is 127. The number of fused-ring (bicyclic) bond motifs is 1. The molecule has 2 N–H and O–H groups in total. The van der Waals surface area contributed by atoms with Gasteiger partial charge in [-0.1, -0.05) is 38.9 Å². The summed E-state index contributed by atoms with van der Waals surface area (Å²) in [5.41, 5.74) is 6.96. The van der Waals surface area contributed by atoms with Gasteiger partial charge in [0.15, 0.2) is 5.43 Å². The molecule has 0 spiro atoms. The number of morpholine rings is 1. The Morgan fingerprint density at radius 3 is 2.52 bits per heavy atom. The lowest BCUT2D eigenvalue weighted by atomic mass is 9.93. The first kappa shape index (κ1) is 29.8. The van der Waals surface area contributed by atoms with Gasteiger partial charge < -0.3 is 29.4 Å². The van der Waals surface area contributed by atoms with Crippen LogP contribution in [0.5, 0.6) is 0 Å². The van der Waals surface area contributed by atoms with E-state index < -0.39 is 20.7 Å². The van der Waals surface area contributed by atoms with Crippen LogP contribution in [0.2, 0.25) is 0 Å². The first-order valence-corrected chi connectivity index (χ1v) is 16.7. The fourth-order valence-electron chi connectivity index (χ4n) is 5.50. The Labute approximate surface area is 265 Å². The summed E-state index contributed by atoms with van der Waals surface area (Å²) >= 11 is -0.640. The number of nitrogens with zero attached hydrogens (tertiary/aromatic N) is 3. The Hall–Kier alpha value is -4.29. The van der Waals surface area contributed by atoms with Crippen molar-refractivity contribution >= 4 is 52.9 Å². The molecule has 0 aliphatic carbocycles. The number of halogens is 1. The van der Waals surface area contributed by atoms with Crippen molar-refractivity contribution in [2.24, 2.45) is 7.05 Å². The zero-order valence-electron chi connectivity index (χ0n) is 25.1. The molecule has 10 heteroatoms. The molecule has 1 fully saturated rings. The van der Waals surface area contributed by atoms with E-state index in [2.05, 4.69) is 10.3 Å². The number of benzene rings is 2. The second-order valence-electron chi connectivity index (χ2n) is 11.1. The molecule has 0 bridgehead atoms. The van der Waals surface area contributed by atoms with Crippen LogP contribution < -0.4 is 21.2 Å². The molecule has 4 heterocycles. The molecule has 0 unspecified atom stereocenters. The summed E-state index contributed by atoms with van der Waals surface area (Å²) in [6, 6.07) is 13.6. The quantitative estimate of drug-likeness (QED) is 0.222. The number of anilines is 2. The maximum absolute atomic E-state index is 13.6. The van der Waals surface area contributed by atoms with Crippen molar-refractivity contribution < 1.29 is 9.53 Å². The van der Waals surface area contributed by atoms with Crippen molar-refractivity contribution in [1.82, 2.24) is 14.5 Å². The molecule has 2 aromatic heterocycles. The zero-order valence-corrected chi connectivity index (χ0v) is 27.3. The number of carbonyl (C=O) groups excluding carboxylic acids is 1. The van der Waals surface area contributed by atoms with Crippen LogP contribution in [0.15, 0.2) is 85.9 Å². The number of pyridine rings is 2. The summed E-state index contributed by atoms with van der Waals surface area (Å²) in [5.74, 6) is 0.0279. The number of aromatic amines is 1. The third kappa shape index (κ3) is 5.79. The molecule has 1 amide bonds. The maximum Gasteiger partial charge on any atom is 0.274 e. The maximum atomic E-state index is 13.6. The topological polar surface area (TPSA) is 99.7 Å². The van der Waals surface area contributed by atoms with Crippen LogP contribution >= 0.6 is 20.7 Å². The van der Waals surface area contributed by atoms with Crippen LogP contribution in [0.3, 0.4) is 0 Å². The molecule has 2 aromatic carbocycles. The first-order chi connectivity index (χ1) is 21.2. The van der Waals surface area contributed by atoms with Gasteiger partial charge in [0.1, 0.15) is 5.69 Å². The zero-order chi connectivity index (χ0) is 31.0. The monoisotopic (exact) mass is 703 g/mol. The number of carbonyl (C=O) groups is 1. The third-order valence-electron chi connectivity index (χ3n) is 8.00. The van der Waals surface area contributed by atoms with E-state index in [1.807, 2.05) is 95.6 Å². The molecule has 1 saturated heterocycles. The van der Waals surface area contributed by atoms with Crippen LogP contribution in [-0.2, 0) is 16.6 Å². The van der Waals surface area contributed by atoms with Crippen LogP contribution in [0.1, 0.15) is 5.56 Å². The molecule has 2 aliphatic heterocycles. The van der Waals surface area contributed by atoms with Crippen molar-refractivity contribution in [3.8, 4) is 22.3 Å². The first-order valence-electron chi connectivity index (χ1n) is 14.4. The van der Waals surface area contributed by atoms with Crippen LogP contribution in [-0.4, -0.2) is 64.8 Å². The Balaban J connectivity index is 1.31. The van der Waals surface area contributed by atoms with Gasteiger partial charge in [0.25, 0.3) is 11.5 Å². The predicted molar refractivity (Wildman–Crippen MR) is 187 cm³/mol. The number of amides is 1. The molecule has 4 aromatic rings. The fraction of sp³-hybridized carbons (Fsp3) is 0.235. The number of ether oxygens (including phenoxy) is 1. The molecule has 0 saturated carbocycles. The van der Waals surface area contributed by atoms with Crippen molar-refractivity contribution in [3.05, 3.63) is 102 Å². The van der Waals surface area contributed by atoms with Gasteiger partial charge in [0.05, 0.1) is 22.4 Å². The van der Waals surface area contributed by atoms with E-state index in [0.717, 1.165) is 37.2 Å². The molecule has 0 atom stereocenters. The summed E-state index contributed by atoms with van der Waals surface area (Å²) in [6.07, 6.45) is 7.34. The third-order valence-corrected chi connectivity index (χ3v) is 10.3. The number of allylic oxidation sites excluding steroid dienone is 2. The van der Waals surface area contributed by atoms with Crippen LogP contribution in [0.4, 0.5) is 11.4 Å². The normalized spacial score (nSPS) is 15.0. The molecule has 226 valence electrons. The van der Waals surface area contributed by atoms with E-state index in [-0.39, 0.29) is 16.9 Å². The van der Waals surface area contributed by atoms with E-state index in [4.69, 9.17) is 4.74 Å². The molecule has 2 aliphatic rings. The minimum absolute atomic E-state index is 0.0279. The van der Waals surface area contributed by atoms with Gasteiger partial charge in [0, 0.05) is 74.4 Å². The Morgan fingerprint density at radius 1 is 1.02 bits per heavy atom. The predicted octanol–water partition coefficient (Wildman–Crippen LogP) is 4.76. The second-order valence-corrected chi connectivity index (χ2v) is 13.5. The van der Waals surface area contributed by atoms with Crippen molar-refractivity contribution in [2.45, 2.75) is 6.92 Å². The lowest BCUT2D eigenvalue weighted by Crippen LogP contribution is -2.41. The number of H-pyrrole nitrogens is 1. The number of hydrogen-bond donors (Lipinski definition) is 2. The summed E-state index contributed by atoms with van der Waals surface area (Å²) in [7, 11) is 5.68. The minimum Gasteiger partial charge on any atom is -0.378 e. The Kier molecular flexibility index (Phi) is 8.37. The lowest BCUT2D eigenvalue weighted by Gasteiger charge is -2.27. The lowest BCUT2D eigenvalue weighted by molar-refractivity contribution is -0.130. The van der Waals surface area contributed by atoms with Crippen molar-refractivity contribution in [2.75, 3.05) is 50.6 Å². The smallest absolute Gasteiger partial charge is 0.274 e. The standard InChI is InChI=1S/C34H34IN5O4/c1-21-25(6-5-7-26(21)28-19-36-29-17-24(38(2)3)9-10-27(29)32(28)41)23-16-30(34(43)39(4)20-23)37-31-11-8-22(18-35-31)33(42)40-12-14-44-15-13-40/h5-11,16-20,37H,12-15H2,1-4H3,(H,36,41). The molecular formula is C34H34IN5O4. The number of rotatable bonds is 6. The number of aromatic nitrogens is 2. The van der Waals surface area contributed by atoms with Gasteiger partial charge in [-0.2, -0.15) is 0 Å². The molecule has 9 nitrogen and oxygen atoms in total. The highest BCUT2D eigenvalue weighted by Gasteiger charge is 2.20. The van der Waals surface area contributed by atoms with Crippen LogP contribution in [0, 0.1) is 6.92 Å². The van der Waals surface area contributed by atoms with E-state index >= 15 is 0 Å². The van der Waals surface area contributed by atoms with Crippen molar-refractivity contribution in [1.29, 1.82) is 0 Å². The number of aryl methyl sites for hydroxylation is 1. The number of hydrogen-bond acceptors (Lipinski definition) is 6. The Morgan fingerprint density at radius 2 is 1.80 bits per heavy atom. The second kappa shape index (κ2) is 12.4. The summed E-state index contributed by atoms with van der Waals surface area (Å²) in [5, 5.41) is 3.98. The van der Waals surface area contributed by atoms with Gasteiger partial charge in [-0.05, 0) is 64.0 Å². The SMILES string of the molecule is Cc1c(-c2cc(NC3=CC=C(C(=O)N4CCOCC4)C=I3)c(=O)n(C)c2)cccc1-c1c[nH]c2cc(N(C)C)ccc2c1=O. The van der Waals surface area contributed by atoms with Gasteiger partial charge in [-0.25, -0.2) is 0 Å². The average Bonchev–Trinajstić information content (AvgIpc) is 3.04. The van der Waals surface area contributed by atoms with Gasteiger partial charge >= 0.3 is 0 Å². The van der Waals surface area contributed by atoms with E-state index in [1.54, 1.807) is 17.8 Å². The minimum atomic E-state index is -0.640. The van der Waals surface area contributed by atoms with Gasteiger partial charge in [0.2, 0.25) is 0 Å². The number of nitrogens with one attached hydrogen (secondary N) is 2. The van der Waals surface area contributed by atoms with E-state index in [0.29, 0.717) is 48.5 Å². The average molecular weight is 704 g/mol. The largest absolute Gasteiger partial charge is 0.378 e. The van der Waals surface area contributed by atoms with Gasteiger partial charge in [-0.3, -0.25) is 14.4 Å². The van der Waals surface area contributed by atoms with Gasteiger partial charge in [-0.15, -0.1) is 0 Å². The fourth-order valence-corrected chi connectivity index (χ4v) is 7.47. The molecular weight excluding hydrogens is 669 g/mol. The summed E-state index contributed by atoms with van der Waals surface area (Å²) < 4.78 is 9.87. The van der Waals surface area contributed by atoms with E-state index in [1.165, 1.54) is 0 Å². The van der Waals surface area contributed by atoms with Crippen molar-refractivity contribution in [3.63, 3.8) is 0 Å². The molecule has 44 heavy (non-hydrogen) atoms. The highest BCUT2D eigenvalue weighted by molar-refractivity contribution is 14.2. The highest BCUT2D eigenvalue weighted by Crippen LogP contribution is 2.32. The summed E-state index contributed by atoms with van der Waals surface area (Å²) in [4.78, 5) is 46.8. The Bertz CT molecular complexity index is 2000. The molecule has 6 rings (SSSR count). The van der Waals surface area contributed by atoms with E-state index in [9.17, 15) is 14.4 Å².